The first-order valence-electron chi connectivity index (χ1n) is 20.4. The van der Waals surface area contributed by atoms with Crippen LogP contribution < -0.4 is 5.32 Å². The zero-order valence-corrected chi connectivity index (χ0v) is 33.4. The molecule has 4 saturated carbocycles. The number of alkyl halides is 1. The minimum Gasteiger partial charge on any atom is -0.481 e. The maximum absolute atomic E-state index is 14.0. The number of fused-ring (bicyclic) bond motifs is 7. The first-order chi connectivity index (χ1) is 23.9. The van der Waals surface area contributed by atoms with E-state index in [0.29, 0.717) is 67.0 Å². The summed E-state index contributed by atoms with van der Waals surface area (Å²) in [4.78, 5) is 14.3. The van der Waals surface area contributed by atoms with Gasteiger partial charge in [-0.3, -0.25) is 4.79 Å². The van der Waals surface area contributed by atoms with Crippen molar-refractivity contribution in [3.05, 3.63) is 35.5 Å². The number of allylic oxidation sites excluding steroid dienone is 5. The van der Waals surface area contributed by atoms with E-state index >= 15 is 0 Å². The molecule has 0 amide bonds. The van der Waals surface area contributed by atoms with Gasteiger partial charge in [0.25, 0.3) is 0 Å². The fraction of sp³-hybridized carbons (Fsp3) is 0.837. The van der Waals surface area contributed by atoms with Crippen LogP contribution >= 0.6 is 0 Å². The first-order valence-corrected chi connectivity index (χ1v) is 22.2. The van der Waals surface area contributed by atoms with E-state index in [0.717, 1.165) is 19.5 Å². The zero-order chi connectivity index (χ0) is 36.8. The molecule has 0 bridgehead atoms. The topological polar surface area (TPSA) is 86.7 Å². The van der Waals surface area contributed by atoms with Crippen molar-refractivity contribution in [1.29, 1.82) is 0 Å². The molecule has 0 aromatic rings. The summed E-state index contributed by atoms with van der Waals surface area (Å²) >= 11 is 0. The summed E-state index contributed by atoms with van der Waals surface area (Å²) in [5.74, 6) is 2.58. The smallest absolute Gasteiger partial charge is 0.312 e. The van der Waals surface area contributed by atoms with Gasteiger partial charge in [0.2, 0.25) is 0 Å². The molecule has 0 spiro atoms. The highest BCUT2D eigenvalue weighted by atomic mass is 32.2. The van der Waals surface area contributed by atoms with Crippen LogP contribution in [0.1, 0.15) is 119 Å². The quantitative estimate of drug-likeness (QED) is 0.245. The van der Waals surface area contributed by atoms with Crippen molar-refractivity contribution in [3.8, 4) is 0 Å². The van der Waals surface area contributed by atoms with Crippen molar-refractivity contribution in [3.63, 3.8) is 0 Å². The minimum atomic E-state index is -2.87. The summed E-state index contributed by atoms with van der Waals surface area (Å²) in [6, 6.07) is 0. The predicted molar refractivity (Wildman–Crippen MR) is 204 cm³/mol. The van der Waals surface area contributed by atoms with Crippen molar-refractivity contribution in [2.24, 2.45) is 56.7 Å². The van der Waals surface area contributed by atoms with Crippen molar-refractivity contribution in [1.82, 2.24) is 10.2 Å². The number of hydrogen-bond donors (Lipinski definition) is 2. The van der Waals surface area contributed by atoms with E-state index in [1.54, 1.807) is 0 Å². The molecule has 5 fully saturated rings. The number of carboxylic acid groups (broad SMARTS) is 1. The van der Waals surface area contributed by atoms with Gasteiger partial charge in [0.15, 0.2) is 9.84 Å². The van der Waals surface area contributed by atoms with Gasteiger partial charge < -0.3 is 15.3 Å². The summed E-state index contributed by atoms with van der Waals surface area (Å²) in [5, 5.41) is 14.0. The summed E-state index contributed by atoms with van der Waals surface area (Å²) in [7, 11) is -2.87. The highest BCUT2D eigenvalue weighted by Gasteiger charge is 2.70. The Morgan fingerprint density at radius 2 is 1.67 bits per heavy atom. The molecule has 286 valence electrons. The van der Waals surface area contributed by atoms with E-state index in [1.807, 2.05) is 0 Å². The average molecular weight is 727 g/mol. The molecule has 0 aromatic carbocycles. The lowest BCUT2D eigenvalue weighted by molar-refractivity contribution is -0.221. The van der Waals surface area contributed by atoms with Gasteiger partial charge in [0, 0.05) is 31.7 Å². The maximum atomic E-state index is 14.0. The highest BCUT2D eigenvalue weighted by Crippen LogP contribution is 2.76. The number of aliphatic carboxylic acids is 1. The number of nitrogens with one attached hydrogen (secondary N) is 1. The van der Waals surface area contributed by atoms with E-state index in [2.05, 4.69) is 70.5 Å². The standard InChI is InChI=1S/C43H67FN2O4S/c1-29(2)31-12-19-43(45-22-23-46-24-26-51(49,50)27-25-46)21-20-40(6)33(36(31)43)8-9-35-39(5)15-13-32(38(3,4)34(39)14-16-41(35,40)7)30-10-17-42(28-44,18-11-30)37(47)48/h10,13,31,33-36,45H,1,8-9,11-12,14-28H2,2-7H3,(H,47,48)/t31-,33+,34-,35+,36+,39-,40+,41+,42+,43?/m0/s1. The molecule has 7 aliphatic rings. The Hall–Kier alpha value is -1.51. The van der Waals surface area contributed by atoms with Gasteiger partial charge in [-0.1, -0.05) is 58.9 Å². The Bertz CT molecular complexity index is 1590. The monoisotopic (exact) mass is 726 g/mol. The number of sulfone groups is 1. The van der Waals surface area contributed by atoms with Crippen LogP contribution in [0.4, 0.5) is 4.39 Å². The van der Waals surface area contributed by atoms with Crippen LogP contribution in [0.3, 0.4) is 0 Å². The molecule has 1 aliphatic heterocycles. The van der Waals surface area contributed by atoms with E-state index in [-0.39, 0.29) is 33.6 Å². The van der Waals surface area contributed by atoms with Gasteiger partial charge in [0.05, 0.1) is 16.9 Å². The molecule has 51 heavy (non-hydrogen) atoms. The molecular formula is C43H67FN2O4S. The first kappa shape index (κ1) is 37.8. The van der Waals surface area contributed by atoms with Crippen LogP contribution in [0, 0.1) is 56.7 Å². The fourth-order valence-electron chi connectivity index (χ4n) is 14.6. The Morgan fingerprint density at radius 1 is 0.941 bits per heavy atom. The van der Waals surface area contributed by atoms with E-state index in [1.165, 1.54) is 68.1 Å². The van der Waals surface area contributed by atoms with Crippen LogP contribution in [0.2, 0.25) is 0 Å². The second kappa shape index (κ2) is 12.8. The van der Waals surface area contributed by atoms with Crippen molar-refractivity contribution >= 4 is 15.8 Å². The lowest BCUT2D eigenvalue weighted by Gasteiger charge is -2.72. The molecule has 8 heteroatoms. The van der Waals surface area contributed by atoms with Gasteiger partial charge in [0.1, 0.15) is 6.67 Å². The predicted octanol–water partition coefficient (Wildman–Crippen LogP) is 8.40. The average Bonchev–Trinajstić information content (AvgIpc) is 3.46. The molecule has 10 atom stereocenters. The maximum Gasteiger partial charge on any atom is 0.312 e. The summed E-state index contributed by atoms with van der Waals surface area (Å²) in [6.45, 7) is 22.1. The largest absolute Gasteiger partial charge is 0.481 e. The number of hydrogen-bond acceptors (Lipinski definition) is 5. The molecule has 7 rings (SSSR count). The second-order valence-corrected chi connectivity index (χ2v) is 22.3. The third-order valence-corrected chi connectivity index (χ3v) is 19.3. The Balaban J connectivity index is 1.13. The summed E-state index contributed by atoms with van der Waals surface area (Å²) in [6.07, 6.45) is 16.9. The van der Waals surface area contributed by atoms with E-state index in [9.17, 15) is 22.7 Å². The Kier molecular flexibility index (Phi) is 9.47. The Morgan fingerprint density at radius 3 is 2.29 bits per heavy atom. The number of carboxylic acids is 1. The third kappa shape index (κ3) is 5.71. The van der Waals surface area contributed by atoms with E-state index < -0.39 is 27.9 Å². The van der Waals surface area contributed by atoms with Crippen LogP contribution in [0.25, 0.3) is 0 Å². The third-order valence-electron chi connectivity index (χ3n) is 17.7. The molecule has 6 nitrogen and oxygen atoms in total. The van der Waals surface area contributed by atoms with Gasteiger partial charge in [-0.25, -0.2) is 12.8 Å². The highest BCUT2D eigenvalue weighted by molar-refractivity contribution is 7.91. The molecular weight excluding hydrogens is 660 g/mol. The molecule has 6 aliphatic carbocycles. The zero-order valence-electron chi connectivity index (χ0n) is 32.6. The lowest BCUT2D eigenvalue weighted by Crippen LogP contribution is -2.68. The Labute approximate surface area is 308 Å². The van der Waals surface area contributed by atoms with Crippen molar-refractivity contribution in [2.75, 3.05) is 44.4 Å². The number of halogens is 1. The molecule has 1 heterocycles. The number of carbonyl (C=O) groups is 1. The molecule has 2 N–H and O–H groups in total. The second-order valence-electron chi connectivity index (χ2n) is 20.0. The van der Waals surface area contributed by atoms with Gasteiger partial charge >= 0.3 is 5.97 Å². The number of nitrogens with zero attached hydrogens (tertiary/aromatic N) is 1. The van der Waals surface area contributed by atoms with Gasteiger partial charge in [-0.2, -0.15) is 0 Å². The SMILES string of the molecule is C=C(C)[C@@H]1CCC2(NCCN3CCS(=O)(=O)CC3)CC[C@]3(C)[C@H](CC[C@@H]4[C@@]5(C)CC=C(C6=CC[C@@](CF)(C(=O)O)CC6)C(C)(C)[C@@H]5CC[C@]43C)[C@@H]12. The van der Waals surface area contributed by atoms with Crippen LogP contribution in [0.15, 0.2) is 35.5 Å². The van der Waals surface area contributed by atoms with E-state index in [4.69, 9.17) is 0 Å². The minimum absolute atomic E-state index is 0.0163. The molecule has 1 saturated heterocycles. The summed E-state index contributed by atoms with van der Waals surface area (Å²) < 4.78 is 38.0. The fourth-order valence-corrected chi connectivity index (χ4v) is 15.8. The summed E-state index contributed by atoms with van der Waals surface area (Å²) in [5.41, 5.74) is 3.60. The van der Waals surface area contributed by atoms with Crippen LogP contribution in [-0.4, -0.2) is 74.3 Å². The van der Waals surface area contributed by atoms with Gasteiger partial charge in [-0.15, -0.1) is 0 Å². The van der Waals surface area contributed by atoms with Crippen molar-refractivity contribution < 1.29 is 22.7 Å². The molecule has 1 unspecified atom stereocenters. The normalized spacial score (nSPS) is 46.1. The lowest BCUT2D eigenvalue weighted by atomic mass is 9.33. The molecule has 0 aromatic heterocycles. The van der Waals surface area contributed by atoms with Crippen LogP contribution in [0.5, 0.6) is 0 Å². The van der Waals surface area contributed by atoms with Crippen LogP contribution in [-0.2, 0) is 14.6 Å². The van der Waals surface area contributed by atoms with Crippen molar-refractivity contribution in [2.45, 2.75) is 124 Å². The number of rotatable bonds is 8. The molecule has 0 radical (unpaired) electrons. The van der Waals surface area contributed by atoms with Gasteiger partial charge in [-0.05, 0) is 146 Å².